The van der Waals surface area contributed by atoms with E-state index in [0.717, 1.165) is 42.6 Å². The summed E-state index contributed by atoms with van der Waals surface area (Å²) in [5, 5.41) is 15.4. The van der Waals surface area contributed by atoms with E-state index >= 15 is 0 Å². The minimum absolute atomic E-state index is 0.0175. The van der Waals surface area contributed by atoms with Crippen molar-refractivity contribution < 1.29 is 9.66 Å². The molecule has 4 aliphatic carbocycles. The summed E-state index contributed by atoms with van der Waals surface area (Å²) in [6.07, 6.45) is 8.52. The highest BCUT2D eigenvalue weighted by molar-refractivity contribution is 5.63. The van der Waals surface area contributed by atoms with Crippen LogP contribution in [0.2, 0.25) is 0 Å². The van der Waals surface area contributed by atoms with Gasteiger partial charge >= 0.3 is 11.6 Å². The first-order chi connectivity index (χ1) is 13.5. The second-order valence-corrected chi connectivity index (χ2v) is 8.87. The number of benzene rings is 1. The Hall–Kier alpha value is -2.70. The van der Waals surface area contributed by atoms with Gasteiger partial charge in [-0.1, -0.05) is 17.7 Å². The maximum absolute atomic E-state index is 11.9. The van der Waals surface area contributed by atoms with Gasteiger partial charge in [-0.3, -0.25) is 10.1 Å². The maximum atomic E-state index is 11.9. The molecule has 0 spiro atoms. The van der Waals surface area contributed by atoms with E-state index in [1.807, 2.05) is 19.1 Å². The summed E-state index contributed by atoms with van der Waals surface area (Å²) in [7, 11) is 0. The van der Waals surface area contributed by atoms with Crippen LogP contribution in [0.5, 0.6) is 11.6 Å². The lowest BCUT2D eigenvalue weighted by Crippen LogP contribution is -2.55. The average Bonchev–Trinajstić information content (AvgIpc) is 2.62. The lowest BCUT2D eigenvalue weighted by molar-refractivity contribution is -0.385. The monoisotopic (exact) mass is 380 g/mol. The Morgan fingerprint density at radius 3 is 2.25 bits per heavy atom. The van der Waals surface area contributed by atoms with Crippen molar-refractivity contribution in [1.29, 1.82) is 0 Å². The number of nitro groups is 1. The quantitative estimate of drug-likeness (QED) is 0.588. The molecule has 1 heterocycles. The summed E-state index contributed by atoms with van der Waals surface area (Å²) in [6, 6.07) is 7.37. The first-order valence-electron chi connectivity index (χ1n) is 10.0. The number of ether oxygens (including phenoxy) is 1. The van der Waals surface area contributed by atoms with Crippen molar-refractivity contribution in [3.8, 4) is 11.6 Å². The highest BCUT2D eigenvalue weighted by Gasteiger charge is 2.51. The fourth-order valence-electron chi connectivity index (χ4n) is 5.93. The van der Waals surface area contributed by atoms with Gasteiger partial charge in [0.2, 0.25) is 5.82 Å². The van der Waals surface area contributed by atoms with Gasteiger partial charge in [-0.15, -0.1) is 0 Å². The summed E-state index contributed by atoms with van der Waals surface area (Å²) in [4.78, 5) is 19.7. The van der Waals surface area contributed by atoms with Crippen molar-refractivity contribution in [3.63, 3.8) is 0 Å². The molecule has 2 aromatic rings. The topological polar surface area (TPSA) is 90.2 Å². The van der Waals surface area contributed by atoms with Crippen LogP contribution in [0.15, 0.2) is 30.6 Å². The normalized spacial score (nSPS) is 30.2. The fraction of sp³-hybridized carbons (Fsp3) is 0.524. The Bertz CT molecular complexity index is 877. The molecule has 4 saturated carbocycles. The summed E-state index contributed by atoms with van der Waals surface area (Å²) in [5.41, 5.74) is 0.835. The second-order valence-electron chi connectivity index (χ2n) is 8.87. The third-order valence-electron chi connectivity index (χ3n) is 6.63. The molecule has 6 rings (SSSR count). The van der Waals surface area contributed by atoms with Crippen molar-refractivity contribution in [2.75, 3.05) is 5.32 Å². The van der Waals surface area contributed by atoms with Crippen molar-refractivity contribution in [2.45, 2.75) is 51.0 Å². The van der Waals surface area contributed by atoms with E-state index in [4.69, 9.17) is 4.74 Å². The predicted octanol–water partition coefficient (Wildman–Crippen LogP) is 4.87. The summed E-state index contributed by atoms with van der Waals surface area (Å²) in [6.45, 7) is 1.98. The molecular weight excluding hydrogens is 356 g/mol. The van der Waals surface area contributed by atoms with E-state index in [1.54, 1.807) is 12.1 Å². The van der Waals surface area contributed by atoms with E-state index < -0.39 is 4.92 Å². The zero-order valence-electron chi connectivity index (χ0n) is 15.9. The van der Waals surface area contributed by atoms with Crippen molar-refractivity contribution in [1.82, 2.24) is 9.97 Å². The number of aryl methyl sites for hydroxylation is 1. The van der Waals surface area contributed by atoms with Gasteiger partial charge in [-0.2, -0.15) is 4.98 Å². The van der Waals surface area contributed by atoms with Gasteiger partial charge in [0.15, 0.2) is 0 Å². The zero-order chi connectivity index (χ0) is 19.3. The SMILES string of the molecule is Cc1ccc(Oc2ncnc(NC34CC5CC(CC(C5)C3)C4)c2[N+](=O)[O-])cc1. The smallest absolute Gasteiger partial charge is 0.373 e. The molecule has 0 saturated heterocycles. The van der Waals surface area contributed by atoms with Crippen LogP contribution in [0, 0.1) is 34.8 Å². The zero-order valence-corrected chi connectivity index (χ0v) is 15.9. The fourth-order valence-corrected chi connectivity index (χ4v) is 5.93. The lowest BCUT2D eigenvalue weighted by Gasteiger charge is -2.57. The Labute approximate surface area is 163 Å². The molecule has 4 aliphatic rings. The van der Waals surface area contributed by atoms with E-state index in [9.17, 15) is 10.1 Å². The number of aromatic nitrogens is 2. The van der Waals surface area contributed by atoms with Gasteiger partial charge in [0.25, 0.3) is 0 Å². The molecule has 0 amide bonds. The van der Waals surface area contributed by atoms with E-state index in [-0.39, 0.29) is 22.9 Å². The lowest BCUT2D eigenvalue weighted by atomic mass is 9.53. The molecule has 7 nitrogen and oxygen atoms in total. The third-order valence-corrected chi connectivity index (χ3v) is 6.63. The first kappa shape index (κ1) is 17.4. The van der Waals surface area contributed by atoms with Gasteiger partial charge in [0.1, 0.15) is 12.1 Å². The number of nitrogens with one attached hydrogen (secondary N) is 1. The van der Waals surface area contributed by atoms with Crippen LogP contribution in [0.4, 0.5) is 11.5 Å². The number of nitrogens with zero attached hydrogens (tertiary/aromatic N) is 3. The van der Waals surface area contributed by atoms with Gasteiger partial charge in [-0.25, -0.2) is 4.98 Å². The molecule has 4 bridgehead atoms. The van der Waals surface area contributed by atoms with Crippen LogP contribution < -0.4 is 10.1 Å². The summed E-state index contributed by atoms with van der Waals surface area (Å²) in [5.74, 6) is 3.00. The average molecular weight is 380 g/mol. The van der Waals surface area contributed by atoms with Gasteiger partial charge in [0.05, 0.1) is 4.92 Å². The Kier molecular flexibility index (Phi) is 4.00. The molecule has 0 radical (unpaired) electrons. The van der Waals surface area contributed by atoms with Crippen LogP contribution in [0.1, 0.15) is 44.1 Å². The molecule has 146 valence electrons. The molecule has 1 N–H and O–H groups in total. The second kappa shape index (κ2) is 6.43. The molecule has 0 unspecified atom stereocenters. The van der Waals surface area contributed by atoms with Crippen LogP contribution in [0.25, 0.3) is 0 Å². The number of hydrogen-bond donors (Lipinski definition) is 1. The Morgan fingerprint density at radius 1 is 1.07 bits per heavy atom. The molecule has 0 atom stereocenters. The Balaban J connectivity index is 1.46. The van der Waals surface area contributed by atoms with E-state index in [0.29, 0.717) is 5.75 Å². The largest absolute Gasteiger partial charge is 0.434 e. The van der Waals surface area contributed by atoms with Crippen molar-refractivity contribution in [3.05, 3.63) is 46.3 Å². The van der Waals surface area contributed by atoms with Gasteiger partial charge in [-0.05, 0) is 75.3 Å². The minimum atomic E-state index is -0.438. The van der Waals surface area contributed by atoms with Gasteiger partial charge in [0, 0.05) is 5.54 Å². The van der Waals surface area contributed by atoms with E-state index in [2.05, 4.69) is 15.3 Å². The summed E-state index contributed by atoms with van der Waals surface area (Å²) < 4.78 is 5.75. The van der Waals surface area contributed by atoms with Crippen LogP contribution in [0.3, 0.4) is 0 Å². The number of anilines is 1. The molecule has 28 heavy (non-hydrogen) atoms. The van der Waals surface area contributed by atoms with Crippen LogP contribution in [-0.4, -0.2) is 20.4 Å². The van der Waals surface area contributed by atoms with Crippen molar-refractivity contribution >= 4 is 11.5 Å². The molecule has 1 aromatic carbocycles. The van der Waals surface area contributed by atoms with Crippen LogP contribution in [-0.2, 0) is 0 Å². The number of hydrogen-bond acceptors (Lipinski definition) is 6. The molecule has 4 fully saturated rings. The van der Waals surface area contributed by atoms with Crippen LogP contribution >= 0.6 is 0 Å². The maximum Gasteiger partial charge on any atom is 0.373 e. The predicted molar refractivity (Wildman–Crippen MR) is 104 cm³/mol. The highest BCUT2D eigenvalue weighted by Crippen LogP contribution is 2.57. The molecule has 0 aliphatic heterocycles. The van der Waals surface area contributed by atoms with Gasteiger partial charge < -0.3 is 10.1 Å². The minimum Gasteiger partial charge on any atom is -0.434 e. The number of rotatable bonds is 5. The third kappa shape index (κ3) is 3.08. The summed E-state index contributed by atoms with van der Waals surface area (Å²) >= 11 is 0. The Morgan fingerprint density at radius 2 is 1.68 bits per heavy atom. The first-order valence-corrected chi connectivity index (χ1v) is 10.0. The highest BCUT2D eigenvalue weighted by atomic mass is 16.6. The molecule has 1 aromatic heterocycles. The molecule has 7 heteroatoms. The standard InChI is InChI=1S/C21H24N4O3/c1-13-2-4-17(5-3-13)28-20-18(25(26)27)19(22-12-23-20)24-21-9-14-6-15(10-21)8-16(7-14)11-21/h2-5,12,14-16H,6-11H2,1H3,(H,22,23,24). The van der Waals surface area contributed by atoms with E-state index in [1.165, 1.54) is 25.6 Å². The van der Waals surface area contributed by atoms with Crippen molar-refractivity contribution in [2.24, 2.45) is 17.8 Å². The molecular formula is C21H24N4O3.